The van der Waals surface area contributed by atoms with E-state index < -0.39 is 0 Å². The normalized spacial score (nSPS) is 10.9. The number of nitrogens with two attached hydrogens (primary N) is 1. The molecule has 0 aliphatic heterocycles. The number of anilines is 1. The van der Waals surface area contributed by atoms with Crippen LogP contribution in [0, 0.1) is 6.92 Å². The fourth-order valence-electron chi connectivity index (χ4n) is 2.11. The van der Waals surface area contributed by atoms with Crippen molar-refractivity contribution in [2.45, 2.75) is 6.92 Å². The highest BCUT2D eigenvalue weighted by Crippen LogP contribution is 2.35. The molecular formula is C15H13NS. The van der Waals surface area contributed by atoms with Crippen LogP contribution in [0.25, 0.3) is 21.2 Å². The second-order valence-electron chi connectivity index (χ2n) is 4.24. The number of rotatable bonds is 1. The van der Waals surface area contributed by atoms with Gasteiger partial charge in [0.2, 0.25) is 0 Å². The van der Waals surface area contributed by atoms with Crippen LogP contribution in [0.5, 0.6) is 0 Å². The van der Waals surface area contributed by atoms with Gasteiger partial charge in [-0.15, -0.1) is 11.3 Å². The van der Waals surface area contributed by atoms with Crippen LogP contribution < -0.4 is 5.73 Å². The van der Waals surface area contributed by atoms with Gasteiger partial charge in [0.05, 0.1) is 0 Å². The fourth-order valence-corrected chi connectivity index (χ4v) is 3.04. The van der Waals surface area contributed by atoms with Crippen LogP contribution in [0.2, 0.25) is 0 Å². The zero-order valence-electron chi connectivity index (χ0n) is 9.60. The topological polar surface area (TPSA) is 26.0 Å². The molecule has 3 aromatic rings. The molecule has 2 heteroatoms. The summed E-state index contributed by atoms with van der Waals surface area (Å²) in [7, 11) is 0. The van der Waals surface area contributed by atoms with E-state index >= 15 is 0 Å². The van der Waals surface area contributed by atoms with Crippen LogP contribution in [-0.2, 0) is 0 Å². The van der Waals surface area contributed by atoms with E-state index in [0.717, 1.165) is 11.3 Å². The molecule has 0 unspecified atom stereocenters. The van der Waals surface area contributed by atoms with E-state index in [1.807, 2.05) is 12.1 Å². The van der Waals surface area contributed by atoms with Gasteiger partial charge in [-0.1, -0.05) is 29.8 Å². The average molecular weight is 239 g/mol. The molecule has 2 N–H and O–H groups in total. The molecule has 3 rings (SSSR count). The molecule has 0 saturated heterocycles. The van der Waals surface area contributed by atoms with Gasteiger partial charge in [0.15, 0.2) is 0 Å². The average Bonchev–Trinajstić information content (AvgIpc) is 2.80. The highest BCUT2D eigenvalue weighted by molar-refractivity contribution is 7.17. The van der Waals surface area contributed by atoms with Crippen molar-refractivity contribution in [3.05, 3.63) is 53.4 Å². The van der Waals surface area contributed by atoms with Crippen LogP contribution in [0.3, 0.4) is 0 Å². The summed E-state index contributed by atoms with van der Waals surface area (Å²) < 4.78 is 1.31. The summed E-state index contributed by atoms with van der Waals surface area (Å²) in [6, 6.07) is 14.7. The maximum absolute atomic E-state index is 6.09. The molecule has 0 aliphatic carbocycles. The summed E-state index contributed by atoms with van der Waals surface area (Å²) in [5.41, 5.74) is 10.5. The van der Waals surface area contributed by atoms with Gasteiger partial charge in [-0.3, -0.25) is 0 Å². The molecule has 1 heterocycles. The van der Waals surface area contributed by atoms with Crippen molar-refractivity contribution in [3.63, 3.8) is 0 Å². The largest absolute Gasteiger partial charge is 0.398 e. The Balaban J connectivity index is 2.34. The monoisotopic (exact) mass is 239 g/mol. The van der Waals surface area contributed by atoms with Crippen molar-refractivity contribution in [1.29, 1.82) is 0 Å². The Morgan fingerprint density at radius 1 is 1.00 bits per heavy atom. The van der Waals surface area contributed by atoms with Crippen LogP contribution in [0.1, 0.15) is 5.56 Å². The summed E-state index contributed by atoms with van der Waals surface area (Å²) in [6.45, 7) is 2.09. The molecule has 84 valence electrons. The van der Waals surface area contributed by atoms with Crippen LogP contribution >= 0.6 is 11.3 Å². The number of hydrogen-bond acceptors (Lipinski definition) is 2. The standard InChI is InChI=1S/C15H13NS/c1-10-5-6-14(16)13(9-10)12-4-2-3-11-7-8-17-15(11)12/h2-9H,16H2,1H3. The lowest BCUT2D eigenvalue weighted by Gasteiger charge is -2.08. The Bertz CT molecular complexity index is 682. The Labute approximate surface area is 105 Å². The minimum atomic E-state index is 0.844. The first-order valence-electron chi connectivity index (χ1n) is 5.58. The summed E-state index contributed by atoms with van der Waals surface area (Å²) in [4.78, 5) is 0. The minimum Gasteiger partial charge on any atom is -0.398 e. The third-order valence-electron chi connectivity index (χ3n) is 2.98. The van der Waals surface area contributed by atoms with Gasteiger partial charge in [0.1, 0.15) is 0 Å². The maximum Gasteiger partial charge on any atom is 0.0421 e. The Kier molecular flexibility index (Phi) is 2.37. The molecule has 0 fully saturated rings. The van der Waals surface area contributed by atoms with Gasteiger partial charge in [-0.2, -0.15) is 0 Å². The van der Waals surface area contributed by atoms with Crippen molar-refractivity contribution in [2.75, 3.05) is 5.73 Å². The quantitative estimate of drug-likeness (QED) is 0.623. The number of hydrogen-bond donors (Lipinski definition) is 1. The lowest BCUT2D eigenvalue weighted by atomic mass is 10.0. The van der Waals surface area contributed by atoms with Gasteiger partial charge in [0.25, 0.3) is 0 Å². The van der Waals surface area contributed by atoms with Gasteiger partial charge in [-0.25, -0.2) is 0 Å². The second kappa shape index (κ2) is 3.90. The van der Waals surface area contributed by atoms with Crippen molar-refractivity contribution in [3.8, 4) is 11.1 Å². The molecule has 0 spiro atoms. The number of thiophene rings is 1. The van der Waals surface area contributed by atoms with E-state index in [-0.39, 0.29) is 0 Å². The van der Waals surface area contributed by atoms with Crippen LogP contribution in [-0.4, -0.2) is 0 Å². The van der Waals surface area contributed by atoms with Crippen LogP contribution in [0.4, 0.5) is 5.69 Å². The highest BCUT2D eigenvalue weighted by atomic mass is 32.1. The molecule has 0 bridgehead atoms. The zero-order chi connectivity index (χ0) is 11.8. The van der Waals surface area contributed by atoms with Gasteiger partial charge in [-0.05, 0) is 35.9 Å². The summed E-state index contributed by atoms with van der Waals surface area (Å²) in [5.74, 6) is 0. The second-order valence-corrected chi connectivity index (χ2v) is 5.15. The Morgan fingerprint density at radius 3 is 2.76 bits per heavy atom. The van der Waals surface area contributed by atoms with Gasteiger partial charge < -0.3 is 5.73 Å². The van der Waals surface area contributed by atoms with Gasteiger partial charge in [0, 0.05) is 21.5 Å². The fraction of sp³-hybridized carbons (Fsp3) is 0.0667. The highest BCUT2D eigenvalue weighted by Gasteiger charge is 2.07. The summed E-state index contributed by atoms with van der Waals surface area (Å²) in [5, 5.41) is 3.41. The van der Waals surface area contributed by atoms with E-state index in [2.05, 4.69) is 42.6 Å². The lowest BCUT2D eigenvalue weighted by molar-refractivity contribution is 1.47. The number of fused-ring (bicyclic) bond motifs is 1. The van der Waals surface area contributed by atoms with Crippen LogP contribution in [0.15, 0.2) is 47.8 Å². The van der Waals surface area contributed by atoms with E-state index in [0.29, 0.717) is 0 Å². The molecule has 0 saturated carbocycles. The van der Waals surface area contributed by atoms with E-state index in [9.17, 15) is 0 Å². The van der Waals surface area contributed by atoms with Crippen molar-refractivity contribution in [2.24, 2.45) is 0 Å². The number of nitrogen functional groups attached to an aromatic ring is 1. The SMILES string of the molecule is Cc1ccc(N)c(-c2cccc3ccsc23)c1. The molecule has 0 aliphatic rings. The summed E-state index contributed by atoms with van der Waals surface area (Å²) in [6.07, 6.45) is 0. The van der Waals surface area contributed by atoms with Crippen molar-refractivity contribution < 1.29 is 0 Å². The zero-order valence-corrected chi connectivity index (χ0v) is 10.4. The predicted molar refractivity (Wildman–Crippen MR) is 76.4 cm³/mol. The van der Waals surface area contributed by atoms with E-state index in [1.165, 1.54) is 21.2 Å². The lowest BCUT2D eigenvalue weighted by Crippen LogP contribution is -1.90. The maximum atomic E-state index is 6.09. The molecule has 0 atom stereocenters. The molecule has 1 nitrogen and oxygen atoms in total. The Hall–Kier alpha value is -1.80. The first kappa shape index (κ1) is 10.4. The molecule has 0 radical (unpaired) electrons. The molecule has 17 heavy (non-hydrogen) atoms. The minimum absolute atomic E-state index is 0.844. The smallest absolute Gasteiger partial charge is 0.0421 e. The molecule has 0 amide bonds. The third kappa shape index (κ3) is 1.71. The van der Waals surface area contributed by atoms with Crippen molar-refractivity contribution in [1.82, 2.24) is 0 Å². The predicted octanol–water partition coefficient (Wildman–Crippen LogP) is 4.46. The number of aryl methyl sites for hydroxylation is 1. The molecule has 1 aromatic heterocycles. The van der Waals surface area contributed by atoms with E-state index in [1.54, 1.807) is 11.3 Å². The molecular weight excluding hydrogens is 226 g/mol. The summed E-state index contributed by atoms with van der Waals surface area (Å²) >= 11 is 1.77. The first-order valence-corrected chi connectivity index (χ1v) is 6.46. The molecule has 2 aromatic carbocycles. The van der Waals surface area contributed by atoms with Crippen molar-refractivity contribution >= 4 is 27.1 Å². The number of benzene rings is 2. The first-order chi connectivity index (χ1) is 8.25. The Morgan fingerprint density at radius 2 is 1.88 bits per heavy atom. The third-order valence-corrected chi connectivity index (χ3v) is 3.94. The van der Waals surface area contributed by atoms with Gasteiger partial charge >= 0.3 is 0 Å². The van der Waals surface area contributed by atoms with E-state index in [4.69, 9.17) is 5.73 Å².